The maximum Gasteiger partial charge on any atom is -0.00130 e. The molecular formula is C33H20. The first-order chi connectivity index (χ1) is 16.4. The summed E-state index contributed by atoms with van der Waals surface area (Å²) >= 11 is 0. The normalized spacial score (nSPS) is 12.7. The first-order valence-corrected chi connectivity index (χ1v) is 11.7. The van der Waals surface area contributed by atoms with E-state index in [1.54, 1.807) is 0 Å². The second-order valence-electron chi connectivity index (χ2n) is 9.30. The lowest BCUT2D eigenvalue weighted by Crippen LogP contribution is -1.87. The Kier molecular flexibility index (Phi) is 3.27. The summed E-state index contributed by atoms with van der Waals surface area (Å²) < 4.78 is 0. The second-order valence-corrected chi connectivity index (χ2v) is 9.30. The van der Waals surface area contributed by atoms with Crippen LogP contribution in [0.2, 0.25) is 0 Å². The highest BCUT2D eigenvalue weighted by Crippen LogP contribution is 2.43. The summed E-state index contributed by atoms with van der Waals surface area (Å²) in [5.74, 6) is 0. The van der Waals surface area contributed by atoms with Crippen molar-refractivity contribution >= 4 is 53.9 Å². The summed E-state index contributed by atoms with van der Waals surface area (Å²) in [7, 11) is 0. The summed E-state index contributed by atoms with van der Waals surface area (Å²) in [4.78, 5) is 0. The average Bonchev–Trinajstić information content (AvgIpc) is 3.27. The molecule has 0 amide bonds. The number of rotatable bonds is 1. The summed E-state index contributed by atoms with van der Waals surface area (Å²) in [5.41, 5.74) is 5.53. The largest absolute Gasteiger partial charge is 0.0616 e. The van der Waals surface area contributed by atoms with E-state index >= 15 is 0 Å². The van der Waals surface area contributed by atoms with Crippen molar-refractivity contribution in [2.45, 2.75) is 6.42 Å². The Morgan fingerprint density at radius 1 is 0.394 bits per heavy atom. The topological polar surface area (TPSA) is 0 Å². The predicted molar refractivity (Wildman–Crippen MR) is 142 cm³/mol. The predicted octanol–water partition coefficient (Wildman–Crippen LogP) is 9.02. The van der Waals surface area contributed by atoms with Crippen molar-refractivity contribution < 1.29 is 0 Å². The fraction of sp³-hybridized carbons (Fsp3) is 0.0303. The van der Waals surface area contributed by atoms with Gasteiger partial charge in [-0.2, -0.15) is 0 Å². The van der Waals surface area contributed by atoms with Gasteiger partial charge in [-0.3, -0.25) is 0 Å². The molecule has 0 atom stereocenters. The van der Waals surface area contributed by atoms with E-state index in [0.29, 0.717) is 0 Å². The zero-order valence-electron chi connectivity index (χ0n) is 18.1. The maximum atomic E-state index is 2.41. The van der Waals surface area contributed by atoms with Gasteiger partial charge in [-0.05, 0) is 88.6 Å². The van der Waals surface area contributed by atoms with Crippen LogP contribution in [0.15, 0.2) is 109 Å². The lowest BCUT2D eigenvalue weighted by atomic mass is 9.90. The molecule has 8 rings (SSSR count). The van der Waals surface area contributed by atoms with Crippen molar-refractivity contribution in [1.82, 2.24) is 0 Å². The van der Waals surface area contributed by atoms with Gasteiger partial charge in [0.25, 0.3) is 0 Å². The molecule has 0 fully saturated rings. The van der Waals surface area contributed by atoms with Crippen molar-refractivity contribution in [3.05, 3.63) is 120 Å². The van der Waals surface area contributed by atoms with Gasteiger partial charge < -0.3 is 0 Å². The molecule has 0 aromatic heterocycles. The van der Waals surface area contributed by atoms with Crippen LogP contribution in [0.25, 0.3) is 65.0 Å². The molecule has 7 aromatic carbocycles. The van der Waals surface area contributed by atoms with Gasteiger partial charge in [0.15, 0.2) is 0 Å². The number of benzene rings is 7. The van der Waals surface area contributed by atoms with Gasteiger partial charge in [-0.1, -0.05) is 103 Å². The summed E-state index contributed by atoms with van der Waals surface area (Å²) in [6.07, 6.45) is 1.04. The highest BCUT2D eigenvalue weighted by Gasteiger charge is 2.19. The van der Waals surface area contributed by atoms with E-state index in [4.69, 9.17) is 0 Å². The van der Waals surface area contributed by atoms with Gasteiger partial charge in [0.1, 0.15) is 0 Å². The van der Waals surface area contributed by atoms with Gasteiger partial charge in [0.05, 0.1) is 0 Å². The Morgan fingerprint density at radius 2 is 1.03 bits per heavy atom. The van der Waals surface area contributed by atoms with Crippen LogP contribution in [0.5, 0.6) is 0 Å². The minimum absolute atomic E-state index is 1.04. The minimum atomic E-state index is 1.04. The van der Waals surface area contributed by atoms with Crippen LogP contribution in [-0.4, -0.2) is 0 Å². The van der Waals surface area contributed by atoms with E-state index < -0.39 is 0 Å². The van der Waals surface area contributed by atoms with Crippen molar-refractivity contribution in [3.8, 4) is 11.1 Å². The Labute approximate surface area is 191 Å². The van der Waals surface area contributed by atoms with Crippen molar-refractivity contribution in [2.24, 2.45) is 0 Å². The number of hydrogen-bond donors (Lipinski definition) is 0. The summed E-state index contributed by atoms with van der Waals surface area (Å²) in [6, 6.07) is 40.7. The molecule has 0 bridgehead atoms. The zero-order valence-corrected chi connectivity index (χ0v) is 18.1. The average molecular weight is 417 g/mol. The van der Waals surface area contributed by atoms with E-state index in [1.807, 2.05) is 0 Å². The monoisotopic (exact) mass is 416 g/mol. The van der Waals surface area contributed by atoms with Gasteiger partial charge in [0, 0.05) is 0 Å². The van der Waals surface area contributed by atoms with Gasteiger partial charge >= 0.3 is 0 Å². The molecule has 0 aliphatic heterocycles. The Hall–Kier alpha value is -4.16. The van der Waals surface area contributed by atoms with Crippen molar-refractivity contribution in [1.29, 1.82) is 0 Å². The maximum absolute atomic E-state index is 2.41. The SMILES string of the molecule is c1cc2c3c(c1)ccc1c(-c4ccc5c6ccccc6c6ccccc6c5c4)ccc(c13)C2. The molecule has 0 saturated heterocycles. The lowest BCUT2D eigenvalue weighted by Gasteiger charge is -2.14. The first kappa shape index (κ1) is 17.4. The molecule has 0 radical (unpaired) electrons. The lowest BCUT2D eigenvalue weighted by molar-refractivity contribution is 1.27. The van der Waals surface area contributed by atoms with Gasteiger partial charge in [-0.25, -0.2) is 0 Å². The molecule has 33 heavy (non-hydrogen) atoms. The molecule has 0 nitrogen and oxygen atoms in total. The van der Waals surface area contributed by atoms with Crippen molar-refractivity contribution in [2.75, 3.05) is 0 Å². The molecule has 152 valence electrons. The highest BCUT2D eigenvalue weighted by atomic mass is 14.2. The first-order valence-electron chi connectivity index (χ1n) is 11.7. The summed E-state index contributed by atoms with van der Waals surface area (Å²) in [6.45, 7) is 0. The molecule has 7 aromatic rings. The zero-order chi connectivity index (χ0) is 21.5. The molecule has 0 heteroatoms. The van der Waals surface area contributed by atoms with Crippen LogP contribution in [-0.2, 0) is 6.42 Å². The van der Waals surface area contributed by atoms with E-state index in [2.05, 4.69) is 109 Å². The van der Waals surface area contributed by atoms with Crippen LogP contribution in [0.3, 0.4) is 0 Å². The van der Waals surface area contributed by atoms with E-state index in [9.17, 15) is 0 Å². The molecule has 0 spiro atoms. The minimum Gasteiger partial charge on any atom is -0.0616 e. The van der Waals surface area contributed by atoms with E-state index in [1.165, 1.54) is 76.1 Å². The smallest absolute Gasteiger partial charge is 0.00130 e. The van der Waals surface area contributed by atoms with Gasteiger partial charge in [0.2, 0.25) is 0 Å². The molecule has 1 aliphatic rings. The van der Waals surface area contributed by atoms with Crippen LogP contribution in [0.1, 0.15) is 11.1 Å². The third-order valence-electron chi connectivity index (χ3n) is 7.63. The third-order valence-corrected chi connectivity index (χ3v) is 7.63. The second kappa shape index (κ2) is 6.21. The molecule has 0 heterocycles. The van der Waals surface area contributed by atoms with E-state index in [0.717, 1.165) is 6.42 Å². The van der Waals surface area contributed by atoms with Crippen LogP contribution in [0.4, 0.5) is 0 Å². The molecular weight excluding hydrogens is 396 g/mol. The van der Waals surface area contributed by atoms with Crippen LogP contribution < -0.4 is 0 Å². The summed E-state index contributed by atoms with van der Waals surface area (Å²) in [5, 5.41) is 13.6. The molecule has 0 unspecified atom stereocenters. The van der Waals surface area contributed by atoms with E-state index in [-0.39, 0.29) is 0 Å². The third kappa shape index (κ3) is 2.25. The van der Waals surface area contributed by atoms with Crippen LogP contribution >= 0.6 is 0 Å². The quantitative estimate of drug-likeness (QED) is 0.234. The Bertz CT molecular complexity index is 1900. The van der Waals surface area contributed by atoms with Crippen LogP contribution in [0, 0.1) is 0 Å². The standard InChI is InChI=1S/C33H20/c1-2-10-27-25(8-1)26-9-3-4-11-28(26)31-19-21(13-16-29(27)31)24-15-14-23-18-22-7-5-6-20-12-17-30(24)33(23)32(20)22/h1-17,19H,18H2. The molecule has 0 saturated carbocycles. The fourth-order valence-electron chi connectivity index (χ4n) is 6.20. The van der Waals surface area contributed by atoms with Crippen molar-refractivity contribution in [3.63, 3.8) is 0 Å². The number of fused-ring (bicyclic) bond motifs is 6. The number of hydrogen-bond acceptors (Lipinski definition) is 0. The van der Waals surface area contributed by atoms with Gasteiger partial charge in [-0.15, -0.1) is 0 Å². The highest BCUT2D eigenvalue weighted by molar-refractivity contribution is 6.26. The molecule has 0 N–H and O–H groups in total. The molecule has 1 aliphatic carbocycles. The fourth-order valence-corrected chi connectivity index (χ4v) is 6.20. The Morgan fingerprint density at radius 3 is 1.79 bits per heavy atom. The Balaban J connectivity index is 1.49.